The van der Waals surface area contributed by atoms with Gasteiger partial charge in [-0.1, -0.05) is 25.1 Å². The number of ether oxygens (including phenoxy) is 1. The standard InChI is InChI=1S/C13H21N3O3/c1-5-7-16(9-12(17)18-6-2)8-11-14-13(10(3)4)15-19-11/h5,10H,1,6-9H2,2-4H3. The quantitative estimate of drug-likeness (QED) is 0.528. The molecule has 0 bridgehead atoms. The summed E-state index contributed by atoms with van der Waals surface area (Å²) >= 11 is 0. The van der Waals surface area contributed by atoms with Crippen LogP contribution in [0.25, 0.3) is 0 Å². The SMILES string of the molecule is C=CCN(CC(=O)OCC)Cc1nc(C(C)C)no1. The third-order valence-corrected chi connectivity index (χ3v) is 2.40. The molecule has 0 fully saturated rings. The van der Waals surface area contributed by atoms with Gasteiger partial charge in [-0.15, -0.1) is 6.58 Å². The summed E-state index contributed by atoms with van der Waals surface area (Å²) in [5, 5.41) is 3.89. The minimum Gasteiger partial charge on any atom is -0.465 e. The summed E-state index contributed by atoms with van der Waals surface area (Å²) in [6.07, 6.45) is 1.72. The molecule has 0 radical (unpaired) electrons. The molecule has 0 aliphatic heterocycles. The Balaban J connectivity index is 2.61. The van der Waals surface area contributed by atoms with Crippen molar-refractivity contribution in [3.63, 3.8) is 0 Å². The van der Waals surface area contributed by atoms with Crippen LogP contribution in [-0.2, 0) is 16.1 Å². The highest BCUT2D eigenvalue weighted by atomic mass is 16.5. The van der Waals surface area contributed by atoms with Gasteiger partial charge in [-0.05, 0) is 6.92 Å². The normalized spacial score (nSPS) is 11.0. The fraction of sp³-hybridized carbons (Fsp3) is 0.615. The van der Waals surface area contributed by atoms with Crippen molar-refractivity contribution in [2.75, 3.05) is 19.7 Å². The van der Waals surface area contributed by atoms with E-state index in [0.29, 0.717) is 31.4 Å². The topological polar surface area (TPSA) is 68.5 Å². The summed E-state index contributed by atoms with van der Waals surface area (Å²) in [6, 6.07) is 0. The summed E-state index contributed by atoms with van der Waals surface area (Å²) in [6.45, 7) is 11.0. The molecule has 0 N–H and O–H groups in total. The van der Waals surface area contributed by atoms with E-state index in [1.165, 1.54) is 0 Å². The molecule has 0 saturated heterocycles. The number of nitrogens with zero attached hydrogens (tertiary/aromatic N) is 3. The molecule has 1 rings (SSSR count). The smallest absolute Gasteiger partial charge is 0.320 e. The van der Waals surface area contributed by atoms with Gasteiger partial charge >= 0.3 is 5.97 Å². The van der Waals surface area contributed by atoms with E-state index < -0.39 is 0 Å². The van der Waals surface area contributed by atoms with Crippen molar-refractivity contribution in [2.24, 2.45) is 0 Å². The van der Waals surface area contributed by atoms with Gasteiger partial charge in [0.15, 0.2) is 5.82 Å². The molecule has 0 saturated carbocycles. The van der Waals surface area contributed by atoms with Crippen LogP contribution in [0.3, 0.4) is 0 Å². The molecule has 6 nitrogen and oxygen atoms in total. The first-order chi connectivity index (χ1) is 9.06. The van der Waals surface area contributed by atoms with Gasteiger partial charge in [-0.2, -0.15) is 4.98 Å². The van der Waals surface area contributed by atoms with Crippen LogP contribution in [0, 0.1) is 0 Å². The van der Waals surface area contributed by atoms with E-state index in [1.54, 1.807) is 13.0 Å². The van der Waals surface area contributed by atoms with E-state index in [0.717, 1.165) is 0 Å². The Labute approximate surface area is 113 Å². The van der Waals surface area contributed by atoms with Crippen molar-refractivity contribution in [1.29, 1.82) is 0 Å². The number of hydrogen-bond donors (Lipinski definition) is 0. The molecule has 6 heteroatoms. The molecule has 0 aliphatic rings. The van der Waals surface area contributed by atoms with Crippen molar-refractivity contribution in [3.8, 4) is 0 Å². The van der Waals surface area contributed by atoms with Gasteiger partial charge in [0.25, 0.3) is 0 Å². The Morgan fingerprint density at radius 1 is 1.58 bits per heavy atom. The van der Waals surface area contributed by atoms with E-state index in [-0.39, 0.29) is 18.4 Å². The molecule has 0 spiro atoms. The molecule has 0 unspecified atom stereocenters. The van der Waals surface area contributed by atoms with Gasteiger partial charge < -0.3 is 9.26 Å². The van der Waals surface area contributed by atoms with E-state index in [2.05, 4.69) is 16.7 Å². The second-order valence-corrected chi connectivity index (χ2v) is 4.46. The van der Waals surface area contributed by atoms with E-state index in [4.69, 9.17) is 9.26 Å². The van der Waals surface area contributed by atoms with E-state index in [9.17, 15) is 4.79 Å². The first kappa shape index (κ1) is 15.4. The second-order valence-electron chi connectivity index (χ2n) is 4.46. The van der Waals surface area contributed by atoms with Crippen LogP contribution in [0.5, 0.6) is 0 Å². The van der Waals surface area contributed by atoms with Crippen LogP contribution in [0.2, 0.25) is 0 Å². The van der Waals surface area contributed by atoms with Crippen LogP contribution in [0.4, 0.5) is 0 Å². The fourth-order valence-electron chi connectivity index (χ4n) is 1.51. The maximum absolute atomic E-state index is 11.5. The third kappa shape index (κ3) is 5.21. The molecule has 0 amide bonds. The predicted molar refractivity (Wildman–Crippen MR) is 70.5 cm³/mol. The second kappa shape index (κ2) is 7.68. The van der Waals surface area contributed by atoms with Gasteiger partial charge in [0, 0.05) is 12.5 Å². The van der Waals surface area contributed by atoms with Crippen molar-refractivity contribution in [2.45, 2.75) is 33.2 Å². The Hall–Kier alpha value is -1.69. The van der Waals surface area contributed by atoms with E-state index in [1.807, 2.05) is 18.7 Å². The van der Waals surface area contributed by atoms with Crippen molar-refractivity contribution in [3.05, 3.63) is 24.4 Å². The average Bonchev–Trinajstić information content (AvgIpc) is 2.78. The monoisotopic (exact) mass is 267 g/mol. The highest BCUT2D eigenvalue weighted by Gasteiger charge is 2.15. The number of esters is 1. The van der Waals surface area contributed by atoms with Crippen LogP contribution < -0.4 is 0 Å². The minimum atomic E-state index is -0.270. The van der Waals surface area contributed by atoms with Crippen LogP contribution in [0.15, 0.2) is 17.2 Å². The number of rotatable bonds is 8. The van der Waals surface area contributed by atoms with Crippen LogP contribution in [0.1, 0.15) is 38.4 Å². The number of hydrogen-bond acceptors (Lipinski definition) is 6. The van der Waals surface area contributed by atoms with Gasteiger partial charge in [-0.3, -0.25) is 9.69 Å². The zero-order chi connectivity index (χ0) is 14.3. The number of carbonyl (C=O) groups is 1. The maximum Gasteiger partial charge on any atom is 0.320 e. The highest BCUT2D eigenvalue weighted by molar-refractivity contribution is 5.71. The number of carbonyl (C=O) groups excluding carboxylic acids is 1. The number of aromatic nitrogens is 2. The first-order valence-electron chi connectivity index (χ1n) is 6.38. The molecule has 0 aromatic carbocycles. The molecule has 1 aromatic heterocycles. The summed E-state index contributed by atoms with van der Waals surface area (Å²) < 4.78 is 10.1. The van der Waals surface area contributed by atoms with Gasteiger partial charge in [-0.25, -0.2) is 0 Å². The summed E-state index contributed by atoms with van der Waals surface area (Å²) in [5.41, 5.74) is 0. The molecular weight excluding hydrogens is 246 g/mol. The fourth-order valence-corrected chi connectivity index (χ4v) is 1.51. The zero-order valence-corrected chi connectivity index (χ0v) is 11.8. The van der Waals surface area contributed by atoms with Gasteiger partial charge in [0.2, 0.25) is 5.89 Å². The molecule has 19 heavy (non-hydrogen) atoms. The lowest BCUT2D eigenvalue weighted by Gasteiger charge is -2.16. The molecule has 0 aliphatic carbocycles. The van der Waals surface area contributed by atoms with Crippen molar-refractivity contribution in [1.82, 2.24) is 15.0 Å². The molecule has 106 valence electrons. The first-order valence-corrected chi connectivity index (χ1v) is 6.38. The zero-order valence-electron chi connectivity index (χ0n) is 11.8. The summed E-state index contributed by atoms with van der Waals surface area (Å²) in [5.74, 6) is 1.11. The Kier molecular flexibility index (Phi) is 6.21. The summed E-state index contributed by atoms with van der Waals surface area (Å²) in [4.78, 5) is 17.6. The minimum absolute atomic E-state index is 0.180. The van der Waals surface area contributed by atoms with Crippen molar-refractivity contribution >= 4 is 5.97 Å². The largest absolute Gasteiger partial charge is 0.465 e. The lowest BCUT2D eigenvalue weighted by molar-refractivity contribution is -0.144. The van der Waals surface area contributed by atoms with E-state index >= 15 is 0 Å². The maximum atomic E-state index is 11.5. The Bertz CT molecular complexity index is 415. The predicted octanol–water partition coefficient (Wildman–Crippen LogP) is 1.74. The highest BCUT2D eigenvalue weighted by Crippen LogP contribution is 2.11. The molecule has 0 atom stereocenters. The van der Waals surface area contributed by atoms with Gasteiger partial charge in [0.05, 0.1) is 19.7 Å². The Morgan fingerprint density at radius 2 is 2.32 bits per heavy atom. The van der Waals surface area contributed by atoms with Crippen LogP contribution >= 0.6 is 0 Å². The van der Waals surface area contributed by atoms with Gasteiger partial charge in [0.1, 0.15) is 0 Å². The third-order valence-electron chi connectivity index (χ3n) is 2.40. The lowest BCUT2D eigenvalue weighted by Crippen LogP contribution is -2.31. The average molecular weight is 267 g/mol. The van der Waals surface area contributed by atoms with Crippen molar-refractivity contribution < 1.29 is 14.1 Å². The summed E-state index contributed by atoms with van der Waals surface area (Å²) in [7, 11) is 0. The molecule has 1 aromatic rings. The Morgan fingerprint density at radius 3 is 2.84 bits per heavy atom. The lowest BCUT2D eigenvalue weighted by atomic mass is 10.2. The van der Waals surface area contributed by atoms with Crippen LogP contribution in [-0.4, -0.2) is 40.7 Å². The molecule has 1 heterocycles. The molecular formula is C13H21N3O3.